The van der Waals surface area contributed by atoms with E-state index in [1.165, 1.54) is 12.0 Å². The van der Waals surface area contributed by atoms with Crippen LogP contribution in [-0.2, 0) is 14.3 Å². The van der Waals surface area contributed by atoms with Gasteiger partial charge < -0.3 is 15.0 Å². The highest BCUT2D eigenvalue weighted by atomic mass is 16.5. The second-order valence-electron chi connectivity index (χ2n) is 6.00. The molecular weight excluding hydrogens is 338 g/mol. The van der Waals surface area contributed by atoms with Gasteiger partial charge in [-0.1, -0.05) is 12.1 Å². The number of carbonyl (C=O) groups excluding carboxylic acids is 4. The summed E-state index contributed by atoms with van der Waals surface area (Å²) in [5, 5.41) is 2.64. The fraction of sp³-hybridized carbons (Fsp3) is 0.444. The van der Waals surface area contributed by atoms with Crippen molar-refractivity contribution in [2.24, 2.45) is 0 Å². The van der Waals surface area contributed by atoms with Crippen molar-refractivity contribution < 1.29 is 23.9 Å². The Morgan fingerprint density at radius 1 is 1.15 bits per heavy atom. The Labute approximate surface area is 152 Å². The second-order valence-corrected chi connectivity index (χ2v) is 6.00. The fourth-order valence-corrected chi connectivity index (χ4v) is 2.67. The predicted molar refractivity (Wildman–Crippen MR) is 93.6 cm³/mol. The van der Waals surface area contributed by atoms with Crippen molar-refractivity contribution in [3.8, 4) is 0 Å². The van der Waals surface area contributed by atoms with Gasteiger partial charge in [0.2, 0.25) is 11.8 Å². The molecule has 1 N–H and O–H groups in total. The molecule has 0 radical (unpaired) electrons. The molecule has 0 saturated heterocycles. The molecule has 1 aromatic rings. The van der Waals surface area contributed by atoms with Crippen LogP contribution in [0.5, 0.6) is 0 Å². The van der Waals surface area contributed by atoms with E-state index in [-0.39, 0.29) is 43.1 Å². The van der Waals surface area contributed by atoms with Gasteiger partial charge in [0.25, 0.3) is 11.8 Å². The zero-order chi connectivity index (χ0) is 19.1. The normalized spacial score (nSPS) is 12.9. The molecular formula is C18H23N3O5. The average Bonchev–Trinajstić information content (AvgIpc) is 2.87. The van der Waals surface area contributed by atoms with E-state index < -0.39 is 0 Å². The smallest absolute Gasteiger partial charge is 0.261 e. The third-order valence-corrected chi connectivity index (χ3v) is 4.09. The number of nitrogens with one attached hydrogen (secondary N) is 1. The van der Waals surface area contributed by atoms with Crippen LogP contribution in [0.15, 0.2) is 24.3 Å². The highest BCUT2D eigenvalue weighted by Gasteiger charge is 2.34. The molecule has 0 saturated carbocycles. The maximum Gasteiger partial charge on any atom is 0.261 e. The van der Waals surface area contributed by atoms with Crippen LogP contribution in [0.3, 0.4) is 0 Å². The number of fused-ring (bicyclic) bond motifs is 1. The van der Waals surface area contributed by atoms with Crippen LogP contribution in [0.4, 0.5) is 0 Å². The molecule has 8 heteroatoms. The topological polar surface area (TPSA) is 96.0 Å². The van der Waals surface area contributed by atoms with Gasteiger partial charge in [0.15, 0.2) is 0 Å². The molecule has 0 aromatic heterocycles. The summed E-state index contributed by atoms with van der Waals surface area (Å²) in [6.45, 7) is 0.919. The molecule has 2 rings (SSSR count). The van der Waals surface area contributed by atoms with E-state index in [1.54, 1.807) is 31.3 Å². The van der Waals surface area contributed by atoms with Gasteiger partial charge in [0.1, 0.15) is 0 Å². The standard InChI is InChI=1S/C18H23N3O5/c1-20(12-15(22)19-9-11-26-2)16(23)8-5-10-21-17(24)13-6-3-4-7-14(13)18(21)25/h3-4,6-7H,5,8-12H2,1-2H3,(H,19,22). The third kappa shape index (κ3) is 4.66. The van der Waals surface area contributed by atoms with E-state index in [1.807, 2.05) is 0 Å². The highest BCUT2D eigenvalue weighted by Crippen LogP contribution is 2.22. The molecule has 0 unspecified atom stereocenters. The molecule has 1 aliphatic rings. The van der Waals surface area contributed by atoms with E-state index in [2.05, 4.69) is 5.32 Å². The van der Waals surface area contributed by atoms with Gasteiger partial charge in [-0.15, -0.1) is 0 Å². The summed E-state index contributed by atoms with van der Waals surface area (Å²) in [4.78, 5) is 50.7. The second kappa shape index (κ2) is 9.10. The molecule has 26 heavy (non-hydrogen) atoms. The van der Waals surface area contributed by atoms with Gasteiger partial charge in [-0.2, -0.15) is 0 Å². The quantitative estimate of drug-likeness (QED) is 0.504. The van der Waals surface area contributed by atoms with Gasteiger partial charge in [-0.3, -0.25) is 24.1 Å². The minimum Gasteiger partial charge on any atom is -0.383 e. The van der Waals surface area contributed by atoms with Crippen LogP contribution in [0.2, 0.25) is 0 Å². The van der Waals surface area contributed by atoms with Crippen molar-refractivity contribution in [3.63, 3.8) is 0 Å². The summed E-state index contributed by atoms with van der Waals surface area (Å²) in [5.41, 5.74) is 0.794. The van der Waals surface area contributed by atoms with Gasteiger partial charge in [-0.25, -0.2) is 0 Å². The lowest BCUT2D eigenvalue weighted by Crippen LogP contribution is -2.39. The van der Waals surface area contributed by atoms with Crippen LogP contribution in [0.25, 0.3) is 0 Å². The third-order valence-electron chi connectivity index (χ3n) is 4.09. The zero-order valence-corrected chi connectivity index (χ0v) is 15.0. The number of nitrogens with zero attached hydrogens (tertiary/aromatic N) is 2. The number of imide groups is 1. The summed E-state index contributed by atoms with van der Waals surface area (Å²) in [5.74, 6) is -1.14. The van der Waals surface area contributed by atoms with E-state index in [0.717, 1.165) is 4.90 Å². The first-order valence-electron chi connectivity index (χ1n) is 8.40. The molecule has 4 amide bonds. The van der Waals surface area contributed by atoms with Crippen LogP contribution in [-0.4, -0.2) is 73.8 Å². The minimum absolute atomic E-state index is 0.0461. The number of rotatable bonds is 9. The minimum atomic E-state index is -0.330. The largest absolute Gasteiger partial charge is 0.383 e. The number of hydrogen-bond donors (Lipinski definition) is 1. The van der Waals surface area contributed by atoms with Crippen LogP contribution in [0.1, 0.15) is 33.6 Å². The van der Waals surface area contributed by atoms with Gasteiger partial charge in [0, 0.05) is 33.7 Å². The van der Waals surface area contributed by atoms with E-state index in [0.29, 0.717) is 30.7 Å². The lowest BCUT2D eigenvalue weighted by Gasteiger charge is -2.18. The number of benzene rings is 1. The lowest BCUT2D eigenvalue weighted by atomic mass is 10.1. The van der Waals surface area contributed by atoms with Crippen molar-refractivity contribution in [2.45, 2.75) is 12.8 Å². The molecule has 0 bridgehead atoms. The number of hydrogen-bond acceptors (Lipinski definition) is 5. The summed E-state index contributed by atoms with van der Waals surface area (Å²) in [6.07, 6.45) is 0.495. The average molecular weight is 361 g/mol. The fourth-order valence-electron chi connectivity index (χ4n) is 2.67. The van der Waals surface area contributed by atoms with Crippen molar-refractivity contribution >= 4 is 23.6 Å². The number of ether oxygens (including phenoxy) is 1. The zero-order valence-electron chi connectivity index (χ0n) is 15.0. The number of methoxy groups -OCH3 is 1. The Bertz CT molecular complexity index is 669. The summed E-state index contributed by atoms with van der Waals surface area (Å²) in [6, 6.07) is 6.67. The summed E-state index contributed by atoms with van der Waals surface area (Å²) in [7, 11) is 3.08. The van der Waals surface area contributed by atoms with Crippen molar-refractivity contribution in [3.05, 3.63) is 35.4 Å². The Kier molecular flexibility index (Phi) is 6.85. The molecule has 0 aliphatic carbocycles. The molecule has 1 aromatic carbocycles. The maximum absolute atomic E-state index is 12.2. The molecule has 0 spiro atoms. The van der Waals surface area contributed by atoms with Crippen LogP contribution < -0.4 is 5.32 Å². The Morgan fingerprint density at radius 2 is 1.77 bits per heavy atom. The molecule has 8 nitrogen and oxygen atoms in total. The van der Waals surface area contributed by atoms with Crippen molar-refractivity contribution in [2.75, 3.05) is 40.4 Å². The SMILES string of the molecule is COCCNC(=O)CN(C)C(=O)CCCN1C(=O)c2ccccc2C1=O. The summed E-state index contributed by atoms with van der Waals surface area (Å²) < 4.78 is 4.83. The number of amides is 4. The molecule has 140 valence electrons. The highest BCUT2D eigenvalue weighted by molar-refractivity contribution is 6.21. The van der Waals surface area contributed by atoms with Crippen molar-refractivity contribution in [1.82, 2.24) is 15.1 Å². The predicted octanol–water partition coefficient (Wildman–Crippen LogP) is 0.284. The number of likely N-dealkylation sites (N-methyl/N-ethyl adjacent to an activating group) is 1. The van der Waals surface area contributed by atoms with Gasteiger partial charge in [-0.05, 0) is 18.6 Å². The molecule has 0 atom stereocenters. The summed E-state index contributed by atoms with van der Waals surface area (Å²) >= 11 is 0. The lowest BCUT2D eigenvalue weighted by molar-refractivity contribution is -0.134. The maximum atomic E-state index is 12.2. The Balaban J connectivity index is 1.76. The van der Waals surface area contributed by atoms with E-state index in [4.69, 9.17) is 4.74 Å². The van der Waals surface area contributed by atoms with Crippen LogP contribution in [0, 0.1) is 0 Å². The Hall–Kier alpha value is -2.74. The Morgan fingerprint density at radius 3 is 2.35 bits per heavy atom. The first-order valence-corrected chi connectivity index (χ1v) is 8.40. The van der Waals surface area contributed by atoms with Gasteiger partial charge in [0.05, 0.1) is 24.3 Å². The van der Waals surface area contributed by atoms with Gasteiger partial charge >= 0.3 is 0 Å². The van der Waals surface area contributed by atoms with Crippen LogP contribution >= 0.6 is 0 Å². The molecule has 1 heterocycles. The number of carbonyl (C=O) groups is 4. The monoisotopic (exact) mass is 361 g/mol. The van der Waals surface area contributed by atoms with E-state index >= 15 is 0 Å². The van der Waals surface area contributed by atoms with Crippen molar-refractivity contribution in [1.29, 1.82) is 0 Å². The first-order chi connectivity index (χ1) is 12.5. The van der Waals surface area contributed by atoms with E-state index in [9.17, 15) is 19.2 Å². The first kappa shape index (κ1) is 19.6. The molecule has 1 aliphatic heterocycles. The molecule has 0 fully saturated rings.